The number of allylic oxidation sites excluding steroid dienone is 3. The number of ether oxygens (including phenoxy) is 1. The summed E-state index contributed by atoms with van der Waals surface area (Å²) < 4.78 is 19.1. The summed E-state index contributed by atoms with van der Waals surface area (Å²) in [6, 6.07) is 0. The van der Waals surface area contributed by atoms with E-state index >= 15 is 0 Å². The van der Waals surface area contributed by atoms with Crippen molar-refractivity contribution in [2.24, 2.45) is 5.92 Å². The number of hydrogen-bond donors (Lipinski definition) is 3. The monoisotopic (exact) mass is 601 g/mol. The zero-order valence-electron chi connectivity index (χ0n) is 27.0. The van der Waals surface area contributed by atoms with Crippen LogP contribution < -0.4 is 0 Å². The van der Waals surface area contributed by atoms with E-state index in [2.05, 4.69) is 30.1 Å². The highest BCUT2D eigenvalue weighted by atomic mass is 32.2. The van der Waals surface area contributed by atoms with Gasteiger partial charge in [-0.1, -0.05) is 64.8 Å². The van der Waals surface area contributed by atoms with E-state index in [1.54, 1.807) is 11.3 Å². The van der Waals surface area contributed by atoms with Crippen molar-refractivity contribution < 1.29 is 24.3 Å². The lowest BCUT2D eigenvalue weighted by atomic mass is 9.98. The molecule has 0 aliphatic carbocycles. The van der Waals surface area contributed by atoms with E-state index in [1.807, 2.05) is 73.8 Å². The molecule has 0 saturated heterocycles. The summed E-state index contributed by atoms with van der Waals surface area (Å²) in [6.45, 7) is 20.0. The lowest BCUT2D eigenvalue weighted by molar-refractivity contribution is -0.127. The van der Waals surface area contributed by atoms with Gasteiger partial charge in [-0.15, -0.1) is 11.3 Å². The highest BCUT2D eigenvalue weighted by Crippen LogP contribution is 2.23. The second-order valence-electron chi connectivity index (χ2n) is 10.2. The number of hydrogen-bond acceptors (Lipinski definition) is 7. The van der Waals surface area contributed by atoms with Crippen LogP contribution in [0.5, 0.6) is 0 Å². The zero-order valence-corrected chi connectivity index (χ0v) is 28.6. The molecule has 0 aromatic carbocycles. The van der Waals surface area contributed by atoms with Gasteiger partial charge in [0.25, 0.3) is 0 Å². The van der Waals surface area contributed by atoms with Gasteiger partial charge in [0.1, 0.15) is 0 Å². The number of aryl methyl sites for hydroxylation is 1. The van der Waals surface area contributed by atoms with E-state index in [4.69, 9.17) is 9.84 Å². The normalized spacial score (nSPS) is 16.9. The van der Waals surface area contributed by atoms with Crippen LogP contribution >= 0.6 is 11.3 Å². The van der Waals surface area contributed by atoms with Crippen LogP contribution in [-0.4, -0.2) is 60.6 Å². The van der Waals surface area contributed by atoms with Crippen molar-refractivity contribution in [2.45, 2.75) is 137 Å². The minimum absolute atomic E-state index is 0.0466. The van der Waals surface area contributed by atoms with Gasteiger partial charge in [-0.25, -0.2) is 4.98 Å². The molecule has 1 rings (SSSR count). The Hall–Kier alpha value is -1.16. The Kier molecular flexibility index (Phi) is 25.0. The lowest BCUT2D eigenvalue weighted by Gasteiger charge is -2.27. The smallest absolute Gasteiger partial charge is 0.155 e. The first-order valence-corrected chi connectivity index (χ1v) is 16.9. The molecule has 0 fully saturated rings. The number of aliphatic hydroxyl groups is 3. The van der Waals surface area contributed by atoms with Gasteiger partial charge in [0.2, 0.25) is 0 Å². The van der Waals surface area contributed by atoms with Crippen LogP contribution in [0.1, 0.15) is 112 Å². The summed E-state index contributed by atoms with van der Waals surface area (Å²) >= 11 is 1.61. The Labute approximate surface area is 252 Å². The molecule has 7 atom stereocenters. The van der Waals surface area contributed by atoms with Crippen LogP contribution in [0.3, 0.4) is 0 Å². The van der Waals surface area contributed by atoms with E-state index in [0.29, 0.717) is 19.3 Å². The van der Waals surface area contributed by atoms with E-state index in [1.165, 1.54) is 5.57 Å². The maximum absolute atomic E-state index is 13.1. The fraction of sp³-hybridized carbons (Fsp3) is 0.719. The standard InChI is InChI=1S/C29H49NO4S2.C2H6.CH4O/c1-9-10-11-12-13-21(4)29(32)24(7)36(33)23(6)15-17-28(31)34-27(16-14-20(2)3)22(5)18-26-19-35-25(8)30-26;2*1-2/h11-12,14,18-19,21,23-24,27-29,31-32H,9-10,13,15-17H2,1-8H3;1-2H3;2H,1H3/b12-11-,22-18+;;. The van der Waals surface area contributed by atoms with Crippen molar-refractivity contribution >= 4 is 28.2 Å². The number of rotatable bonds is 17. The number of nitrogens with zero attached hydrogens (tertiary/aromatic N) is 1. The highest BCUT2D eigenvalue weighted by Gasteiger charge is 2.28. The molecule has 7 unspecified atom stereocenters. The summed E-state index contributed by atoms with van der Waals surface area (Å²) in [5.41, 5.74) is 3.11. The fourth-order valence-corrected chi connectivity index (χ4v) is 6.13. The maximum atomic E-state index is 13.1. The predicted octanol–water partition coefficient (Wildman–Crippen LogP) is 7.60. The van der Waals surface area contributed by atoms with E-state index in [0.717, 1.165) is 42.6 Å². The van der Waals surface area contributed by atoms with Crippen molar-refractivity contribution in [2.75, 3.05) is 7.11 Å². The molecule has 3 N–H and O–H groups in total. The van der Waals surface area contributed by atoms with Gasteiger partial charge in [0, 0.05) is 28.5 Å². The summed E-state index contributed by atoms with van der Waals surface area (Å²) in [4.78, 5) is 4.50. The van der Waals surface area contributed by atoms with Gasteiger partial charge < -0.3 is 20.1 Å². The van der Waals surface area contributed by atoms with Crippen molar-refractivity contribution in [1.29, 1.82) is 0 Å². The SMILES string of the molecule is CC.CCC/C=C\CC(C)C(O)C(C)S(=O)C(C)CCC(O)OC(CC=C(C)C)/C(C)=C/c1csc(C)n1.CO. The molecule has 1 aromatic rings. The molecule has 0 radical (unpaired) electrons. The van der Waals surface area contributed by atoms with Gasteiger partial charge in [-0.05, 0) is 84.3 Å². The molecule has 0 aliphatic rings. The largest absolute Gasteiger partial charge is 0.400 e. The molecule has 0 spiro atoms. The number of unbranched alkanes of at least 4 members (excludes halogenated alkanes) is 1. The first-order valence-electron chi connectivity index (χ1n) is 14.7. The van der Waals surface area contributed by atoms with Crippen LogP contribution in [0.25, 0.3) is 6.08 Å². The van der Waals surface area contributed by atoms with Crippen molar-refractivity contribution in [3.8, 4) is 0 Å². The average Bonchev–Trinajstić information content (AvgIpc) is 3.36. The minimum atomic E-state index is -1.21. The van der Waals surface area contributed by atoms with Crippen LogP contribution in [0, 0.1) is 12.8 Å². The summed E-state index contributed by atoms with van der Waals surface area (Å²) in [5.74, 6) is 0.0466. The molecule has 0 amide bonds. The van der Waals surface area contributed by atoms with Gasteiger partial charge in [0.05, 0.1) is 28.2 Å². The Morgan fingerprint density at radius 3 is 2.23 bits per heavy atom. The van der Waals surface area contributed by atoms with E-state index in [9.17, 15) is 14.4 Å². The third-order valence-corrected chi connectivity index (χ3v) is 9.19. The third-order valence-electron chi connectivity index (χ3n) is 6.36. The number of thiazole rings is 1. The second-order valence-corrected chi connectivity index (χ2v) is 13.4. The van der Waals surface area contributed by atoms with E-state index in [-0.39, 0.29) is 22.5 Å². The summed E-state index contributed by atoms with van der Waals surface area (Å²) in [5, 5.41) is 30.9. The molecular weight excluding hydrogens is 542 g/mol. The Balaban J connectivity index is 0. The molecule has 8 heteroatoms. The van der Waals surface area contributed by atoms with Crippen LogP contribution in [0.15, 0.2) is 34.8 Å². The van der Waals surface area contributed by atoms with Gasteiger partial charge in [0.15, 0.2) is 6.29 Å². The zero-order chi connectivity index (χ0) is 31.3. The van der Waals surface area contributed by atoms with Crippen LogP contribution in [-0.2, 0) is 15.5 Å². The molecule has 1 aromatic heterocycles. The number of aliphatic hydroxyl groups excluding tert-OH is 3. The predicted molar refractivity (Wildman–Crippen MR) is 175 cm³/mol. The minimum Gasteiger partial charge on any atom is -0.400 e. The quantitative estimate of drug-likeness (QED) is 0.126. The average molecular weight is 602 g/mol. The summed E-state index contributed by atoms with van der Waals surface area (Å²) in [6.07, 6.45) is 11.1. The highest BCUT2D eigenvalue weighted by molar-refractivity contribution is 7.86. The topological polar surface area (TPSA) is 99.9 Å². The third kappa shape index (κ3) is 17.6. The van der Waals surface area contributed by atoms with Crippen molar-refractivity contribution in [3.05, 3.63) is 45.5 Å². The lowest BCUT2D eigenvalue weighted by Crippen LogP contribution is -2.37. The van der Waals surface area contributed by atoms with Crippen molar-refractivity contribution in [1.82, 2.24) is 4.98 Å². The Morgan fingerprint density at radius 2 is 1.70 bits per heavy atom. The molecule has 1 heterocycles. The van der Waals surface area contributed by atoms with Gasteiger partial charge in [-0.3, -0.25) is 4.21 Å². The first kappa shape index (κ1) is 41.0. The number of aromatic nitrogens is 1. The van der Waals surface area contributed by atoms with E-state index < -0.39 is 23.2 Å². The molecular formula is C32H59NO5S2. The molecule has 6 nitrogen and oxygen atoms in total. The first-order chi connectivity index (χ1) is 19.0. The van der Waals surface area contributed by atoms with Crippen LogP contribution in [0.4, 0.5) is 0 Å². The Morgan fingerprint density at radius 1 is 1.07 bits per heavy atom. The van der Waals surface area contributed by atoms with Crippen molar-refractivity contribution in [3.63, 3.8) is 0 Å². The molecule has 0 aliphatic heterocycles. The van der Waals surface area contributed by atoms with Gasteiger partial charge in [-0.2, -0.15) is 0 Å². The summed E-state index contributed by atoms with van der Waals surface area (Å²) in [7, 11) is -0.210. The van der Waals surface area contributed by atoms with Gasteiger partial charge >= 0.3 is 0 Å². The maximum Gasteiger partial charge on any atom is 0.155 e. The molecule has 234 valence electrons. The Bertz CT molecular complexity index is 876. The van der Waals surface area contributed by atoms with Crippen LogP contribution in [0.2, 0.25) is 0 Å². The fourth-order valence-electron chi connectivity index (χ4n) is 3.92. The molecule has 0 saturated carbocycles. The second kappa shape index (κ2) is 24.4. The molecule has 0 bridgehead atoms. The molecule has 40 heavy (non-hydrogen) atoms.